The molecule has 178 valence electrons. The summed E-state index contributed by atoms with van der Waals surface area (Å²) in [6.45, 7) is 8.37. The second kappa shape index (κ2) is 5.51. The summed E-state index contributed by atoms with van der Waals surface area (Å²) in [5, 5.41) is 18.2. The minimum Gasteiger partial charge on any atom is -0.483 e. The summed E-state index contributed by atoms with van der Waals surface area (Å²) in [5.41, 5.74) is -3.02. The topological polar surface area (TPSA) is 108 Å². The van der Waals surface area contributed by atoms with E-state index in [1.54, 1.807) is 4.90 Å². The number of ether oxygens (including phenoxy) is 1. The normalized spacial score (nSPS) is 41.6. The minimum atomic E-state index is -1.52. The fraction of sp³-hybridized carbons (Fsp3) is 0.577. The molecule has 7 aliphatic rings. The molecule has 34 heavy (non-hydrogen) atoms. The number of rotatable bonds is 0. The summed E-state index contributed by atoms with van der Waals surface area (Å²) in [5.74, 6) is -0.501. The Morgan fingerprint density at radius 1 is 1.12 bits per heavy atom. The first-order chi connectivity index (χ1) is 15.9. The van der Waals surface area contributed by atoms with Crippen molar-refractivity contribution in [2.45, 2.75) is 75.2 Å². The first-order valence-electron chi connectivity index (χ1n) is 12.1. The van der Waals surface area contributed by atoms with Crippen molar-refractivity contribution < 1.29 is 24.2 Å². The molecule has 2 bridgehead atoms. The molecule has 0 aromatic heterocycles. The number of piperazine rings is 1. The largest absolute Gasteiger partial charge is 0.483 e. The Morgan fingerprint density at radius 2 is 1.88 bits per heavy atom. The third-order valence-corrected chi connectivity index (χ3v) is 9.90. The maximum Gasteiger partial charge on any atom is 0.252 e. The van der Waals surface area contributed by atoms with Crippen LogP contribution >= 0.6 is 0 Å². The molecular weight excluding hydrogens is 434 g/mol. The molecule has 0 radical (unpaired) electrons. The van der Waals surface area contributed by atoms with Gasteiger partial charge in [0.1, 0.15) is 33.9 Å². The van der Waals surface area contributed by atoms with Crippen LogP contribution in [0.5, 0.6) is 5.75 Å². The molecule has 8 heteroatoms. The fourth-order valence-electron chi connectivity index (χ4n) is 8.37. The van der Waals surface area contributed by atoms with Gasteiger partial charge in [0.05, 0.1) is 5.69 Å². The van der Waals surface area contributed by atoms with Gasteiger partial charge in [0.25, 0.3) is 5.91 Å². The number of benzene rings is 1. The van der Waals surface area contributed by atoms with Gasteiger partial charge in [0, 0.05) is 18.0 Å². The van der Waals surface area contributed by atoms with Crippen LogP contribution in [0.4, 0.5) is 5.69 Å². The molecule has 6 heterocycles. The van der Waals surface area contributed by atoms with Crippen LogP contribution in [-0.2, 0) is 19.8 Å². The number of aliphatic hydroxyl groups excluding tert-OH is 1. The molecule has 8 nitrogen and oxygen atoms in total. The van der Waals surface area contributed by atoms with Crippen LogP contribution in [0.25, 0.3) is 6.08 Å². The Kier molecular flexibility index (Phi) is 3.32. The zero-order valence-electron chi connectivity index (χ0n) is 19.8. The first-order valence-corrected chi connectivity index (χ1v) is 12.1. The molecule has 0 unspecified atom stereocenters. The van der Waals surface area contributed by atoms with Crippen molar-refractivity contribution in [2.24, 2.45) is 11.3 Å². The molecule has 1 aromatic rings. The molecule has 1 aliphatic carbocycles. The molecule has 1 saturated carbocycles. The highest BCUT2D eigenvalue weighted by molar-refractivity contribution is 6.13. The Hall–Kier alpha value is -2.87. The molecule has 5 fully saturated rings. The number of hydrogen-bond acceptors (Lipinski definition) is 5. The number of aliphatic hydroxyl groups is 1. The Balaban J connectivity index is 1.47. The van der Waals surface area contributed by atoms with Gasteiger partial charge in [0.15, 0.2) is 0 Å². The second-order valence-electron chi connectivity index (χ2n) is 12.0. The van der Waals surface area contributed by atoms with E-state index in [1.165, 1.54) is 0 Å². The van der Waals surface area contributed by atoms with E-state index in [2.05, 4.69) is 10.6 Å². The first kappa shape index (κ1) is 20.5. The van der Waals surface area contributed by atoms with E-state index in [1.807, 2.05) is 52.0 Å². The van der Waals surface area contributed by atoms with E-state index >= 15 is 0 Å². The van der Waals surface area contributed by atoms with Gasteiger partial charge < -0.3 is 25.4 Å². The van der Waals surface area contributed by atoms with E-state index in [-0.39, 0.29) is 23.6 Å². The average Bonchev–Trinajstić information content (AvgIpc) is 3.37. The molecule has 1 aromatic carbocycles. The van der Waals surface area contributed by atoms with Crippen molar-refractivity contribution in [3.05, 3.63) is 29.3 Å². The number of amides is 3. The maximum atomic E-state index is 14.0. The number of nitrogens with zero attached hydrogens (tertiary/aromatic N) is 1. The number of piperidine rings is 2. The predicted octanol–water partition coefficient (Wildman–Crippen LogP) is 1.71. The maximum absolute atomic E-state index is 14.0. The lowest BCUT2D eigenvalue weighted by molar-refractivity contribution is -0.180. The van der Waals surface area contributed by atoms with E-state index < -0.39 is 33.6 Å². The SMILES string of the molecule is CC1(C)C=Cc2c(ccc3c2NC(=O)[C@@]32[C@@H](O)[C@]34NC(=O)[C@]5(CCCN5C3=O)C[C@H]4C2(C)C)O1. The molecule has 3 spiro atoms. The lowest BCUT2D eigenvalue weighted by Crippen LogP contribution is -2.83. The average molecular weight is 464 g/mol. The fourth-order valence-corrected chi connectivity index (χ4v) is 8.37. The van der Waals surface area contributed by atoms with Gasteiger partial charge in [-0.25, -0.2) is 0 Å². The number of anilines is 1. The molecule has 4 saturated heterocycles. The van der Waals surface area contributed by atoms with Gasteiger partial charge in [-0.1, -0.05) is 19.9 Å². The summed E-state index contributed by atoms with van der Waals surface area (Å²) in [7, 11) is 0. The smallest absolute Gasteiger partial charge is 0.252 e. The number of carbonyl (C=O) groups is 3. The minimum absolute atomic E-state index is 0.199. The number of carbonyl (C=O) groups excluding carboxylic acids is 3. The van der Waals surface area contributed by atoms with E-state index in [0.29, 0.717) is 36.4 Å². The lowest BCUT2D eigenvalue weighted by atomic mass is 9.57. The highest BCUT2D eigenvalue weighted by atomic mass is 16.5. The molecule has 3 N–H and O–H groups in total. The van der Waals surface area contributed by atoms with Crippen LogP contribution in [0.15, 0.2) is 18.2 Å². The third kappa shape index (κ3) is 1.80. The highest BCUT2D eigenvalue weighted by Crippen LogP contribution is 2.70. The molecule has 6 aliphatic heterocycles. The molecular formula is C26H29N3O5. The Bertz CT molecular complexity index is 1270. The summed E-state index contributed by atoms with van der Waals surface area (Å²) in [6, 6.07) is 3.69. The van der Waals surface area contributed by atoms with Crippen LogP contribution in [-0.4, -0.2) is 57.1 Å². The van der Waals surface area contributed by atoms with Crippen molar-refractivity contribution in [1.29, 1.82) is 0 Å². The number of hydrogen-bond donors (Lipinski definition) is 3. The number of fused-ring (bicyclic) bond motifs is 5. The van der Waals surface area contributed by atoms with Crippen molar-refractivity contribution in [1.82, 2.24) is 10.2 Å². The van der Waals surface area contributed by atoms with Gasteiger partial charge in [-0.15, -0.1) is 0 Å². The highest BCUT2D eigenvalue weighted by Gasteiger charge is 2.85. The van der Waals surface area contributed by atoms with Crippen molar-refractivity contribution in [3.63, 3.8) is 0 Å². The van der Waals surface area contributed by atoms with Crippen LogP contribution < -0.4 is 15.4 Å². The zero-order valence-corrected chi connectivity index (χ0v) is 19.8. The predicted molar refractivity (Wildman–Crippen MR) is 123 cm³/mol. The Morgan fingerprint density at radius 3 is 2.65 bits per heavy atom. The molecule has 3 amide bonds. The number of nitrogens with one attached hydrogen (secondary N) is 2. The second-order valence-corrected chi connectivity index (χ2v) is 12.0. The summed E-state index contributed by atoms with van der Waals surface area (Å²) >= 11 is 0. The monoisotopic (exact) mass is 463 g/mol. The van der Waals surface area contributed by atoms with E-state index in [0.717, 1.165) is 12.0 Å². The van der Waals surface area contributed by atoms with Crippen LogP contribution in [0.2, 0.25) is 0 Å². The van der Waals surface area contributed by atoms with Gasteiger partial charge >= 0.3 is 0 Å². The van der Waals surface area contributed by atoms with Crippen molar-refractivity contribution in [2.75, 3.05) is 11.9 Å². The van der Waals surface area contributed by atoms with Gasteiger partial charge in [-0.05, 0) is 62.3 Å². The standard InChI is InChI=1S/C26H29N3O5/c1-22(2)10-8-13-15(34-22)7-6-14-17(13)27-20(32)25(14)18(30)26-16(23(25,3)4)12-24(19(31)28-26)9-5-11-29(24)21(26)33/h6-8,10,16,18,30H,5,9,11-12H2,1-4H3,(H,27,32)(H,28,31)/t16-,18+,24-,25-,26-/m0/s1. The van der Waals surface area contributed by atoms with Crippen LogP contribution in [0.1, 0.15) is 58.1 Å². The summed E-state index contributed by atoms with van der Waals surface area (Å²) < 4.78 is 6.11. The van der Waals surface area contributed by atoms with E-state index in [4.69, 9.17) is 4.74 Å². The zero-order chi connectivity index (χ0) is 24.1. The quantitative estimate of drug-likeness (QED) is 0.543. The van der Waals surface area contributed by atoms with Gasteiger partial charge in [0.2, 0.25) is 11.8 Å². The van der Waals surface area contributed by atoms with Crippen molar-refractivity contribution >= 4 is 29.5 Å². The third-order valence-electron chi connectivity index (χ3n) is 9.90. The van der Waals surface area contributed by atoms with E-state index in [9.17, 15) is 19.5 Å². The van der Waals surface area contributed by atoms with Gasteiger partial charge in [-0.2, -0.15) is 0 Å². The van der Waals surface area contributed by atoms with Gasteiger partial charge in [-0.3, -0.25) is 14.4 Å². The molecule has 5 atom stereocenters. The Labute approximate surface area is 197 Å². The van der Waals surface area contributed by atoms with Crippen molar-refractivity contribution in [3.8, 4) is 5.75 Å². The summed E-state index contributed by atoms with van der Waals surface area (Å²) in [6.07, 6.45) is 4.33. The van der Waals surface area contributed by atoms with Crippen LogP contribution in [0, 0.1) is 11.3 Å². The molecule has 8 rings (SSSR count). The lowest BCUT2D eigenvalue weighted by Gasteiger charge is -2.59. The van der Waals surface area contributed by atoms with Crippen LogP contribution in [0.3, 0.4) is 0 Å². The summed E-state index contributed by atoms with van der Waals surface area (Å²) in [4.78, 5) is 43.0.